The van der Waals surface area contributed by atoms with Crippen molar-refractivity contribution in [3.8, 4) is 11.4 Å². The Hall–Kier alpha value is -3.00. The highest BCUT2D eigenvalue weighted by molar-refractivity contribution is 7.99. The van der Waals surface area contributed by atoms with Crippen molar-refractivity contribution in [2.24, 2.45) is 0 Å². The standard InChI is InChI=1S/C24H27N7S/c1-4-10-19(11-5-1)18-30-23(21-14-15-21)26-27-24(30)32-17-9-3-8-16-31-28-22(25-29-31)20-12-6-2-7-13-20/h1-2,4-7,10-13,21H,3,8-9,14-18H2. The highest BCUT2D eigenvalue weighted by atomic mass is 32.2. The van der Waals surface area contributed by atoms with Crippen LogP contribution in [0.3, 0.4) is 0 Å². The molecular formula is C24H27N7S. The second-order valence-electron chi connectivity index (χ2n) is 8.17. The lowest BCUT2D eigenvalue weighted by Crippen LogP contribution is -2.06. The van der Waals surface area contributed by atoms with Gasteiger partial charge >= 0.3 is 0 Å². The smallest absolute Gasteiger partial charge is 0.204 e. The quantitative estimate of drug-likeness (QED) is 0.243. The number of unbranched alkanes of at least 4 members (excludes halogenated alkanes) is 2. The summed E-state index contributed by atoms with van der Waals surface area (Å²) in [5, 5.41) is 22.9. The van der Waals surface area contributed by atoms with E-state index in [1.807, 2.05) is 42.1 Å². The number of hydrogen-bond acceptors (Lipinski definition) is 6. The summed E-state index contributed by atoms with van der Waals surface area (Å²) in [6.45, 7) is 1.64. The Kier molecular flexibility index (Phi) is 6.58. The van der Waals surface area contributed by atoms with Gasteiger partial charge in [-0.25, -0.2) is 0 Å². The number of hydrogen-bond donors (Lipinski definition) is 0. The largest absolute Gasteiger partial charge is 0.301 e. The molecule has 164 valence electrons. The molecule has 0 atom stereocenters. The average molecular weight is 446 g/mol. The molecule has 2 aromatic carbocycles. The van der Waals surface area contributed by atoms with E-state index < -0.39 is 0 Å². The lowest BCUT2D eigenvalue weighted by Gasteiger charge is -2.10. The van der Waals surface area contributed by atoms with Crippen LogP contribution in [0, 0.1) is 0 Å². The van der Waals surface area contributed by atoms with Crippen LogP contribution >= 0.6 is 11.8 Å². The highest BCUT2D eigenvalue weighted by Crippen LogP contribution is 2.40. The topological polar surface area (TPSA) is 74.3 Å². The minimum Gasteiger partial charge on any atom is -0.301 e. The SMILES string of the molecule is c1ccc(Cn2c(SCCCCCn3nnc(-c4ccccc4)n3)nnc2C2CC2)cc1. The predicted molar refractivity (Wildman–Crippen MR) is 125 cm³/mol. The lowest BCUT2D eigenvalue weighted by atomic mass is 10.2. The summed E-state index contributed by atoms with van der Waals surface area (Å²) in [4.78, 5) is 1.70. The van der Waals surface area contributed by atoms with Crippen molar-refractivity contribution in [1.29, 1.82) is 0 Å². The van der Waals surface area contributed by atoms with Crippen molar-refractivity contribution in [2.45, 2.75) is 56.3 Å². The van der Waals surface area contributed by atoms with Crippen LogP contribution in [0.2, 0.25) is 0 Å². The third kappa shape index (κ3) is 5.24. The van der Waals surface area contributed by atoms with Crippen molar-refractivity contribution in [3.05, 3.63) is 72.1 Å². The number of rotatable bonds is 11. The molecule has 5 rings (SSSR count). The zero-order valence-electron chi connectivity index (χ0n) is 18.0. The van der Waals surface area contributed by atoms with Crippen LogP contribution in [0.4, 0.5) is 0 Å². The third-order valence-corrected chi connectivity index (χ3v) is 6.64. The molecule has 2 aromatic heterocycles. The molecule has 0 spiro atoms. The molecule has 0 bridgehead atoms. The Morgan fingerprint density at radius 2 is 1.62 bits per heavy atom. The van der Waals surface area contributed by atoms with Gasteiger partial charge in [0.15, 0.2) is 5.16 Å². The highest BCUT2D eigenvalue weighted by Gasteiger charge is 2.30. The second kappa shape index (κ2) is 10.1. The van der Waals surface area contributed by atoms with Crippen LogP contribution < -0.4 is 0 Å². The average Bonchev–Trinajstić information content (AvgIpc) is 3.44. The molecule has 0 aliphatic heterocycles. The lowest BCUT2D eigenvalue weighted by molar-refractivity contribution is 0.487. The van der Waals surface area contributed by atoms with E-state index in [1.54, 1.807) is 4.80 Å². The summed E-state index contributed by atoms with van der Waals surface area (Å²) in [5.41, 5.74) is 2.30. The maximum Gasteiger partial charge on any atom is 0.204 e. The summed E-state index contributed by atoms with van der Waals surface area (Å²) >= 11 is 1.82. The molecule has 4 aromatic rings. The number of thioether (sulfide) groups is 1. The summed E-state index contributed by atoms with van der Waals surface area (Å²) in [5.74, 6) is 3.47. The molecule has 1 saturated carbocycles. The van der Waals surface area contributed by atoms with Gasteiger partial charge in [-0.1, -0.05) is 78.8 Å². The molecule has 0 saturated heterocycles. The van der Waals surface area contributed by atoms with Crippen molar-refractivity contribution in [3.63, 3.8) is 0 Å². The van der Waals surface area contributed by atoms with Crippen LogP contribution in [-0.4, -0.2) is 40.7 Å². The van der Waals surface area contributed by atoms with Crippen LogP contribution in [0.25, 0.3) is 11.4 Å². The van der Waals surface area contributed by atoms with Gasteiger partial charge < -0.3 is 4.57 Å². The maximum atomic E-state index is 4.52. The van der Waals surface area contributed by atoms with Crippen LogP contribution in [0.1, 0.15) is 49.4 Å². The van der Waals surface area contributed by atoms with E-state index in [2.05, 4.69) is 60.5 Å². The van der Waals surface area contributed by atoms with Crippen LogP contribution in [0.15, 0.2) is 65.8 Å². The van der Waals surface area contributed by atoms with Gasteiger partial charge in [-0.05, 0) is 36.5 Å². The van der Waals surface area contributed by atoms with Gasteiger partial charge in [0, 0.05) is 17.2 Å². The molecule has 1 aliphatic carbocycles. The monoisotopic (exact) mass is 445 g/mol. The van der Waals surface area contributed by atoms with Gasteiger partial charge in [0.25, 0.3) is 0 Å². The summed E-state index contributed by atoms with van der Waals surface area (Å²) < 4.78 is 2.32. The fraction of sp³-hybridized carbons (Fsp3) is 0.375. The van der Waals surface area contributed by atoms with E-state index in [-0.39, 0.29) is 0 Å². The molecule has 32 heavy (non-hydrogen) atoms. The molecule has 0 N–H and O–H groups in total. The first kappa shape index (κ1) is 20.9. The van der Waals surface area contributed by atoms with E-state index in [0.29, 0.717) is 11.7 Å². The van der Waals surface area contributed by atoms with E-state index in [4.69, 9.17) is 0 Å². The number of tetrazole rings is 1. The fourth-order valence-corrected chi connectivity index (χ4v) is 4.64. The van der Waals surface area contributed by atoms with Gasteiger partial charge in [0.2, 0.25) is 5.82 Å². The maximum absolute atomic E-state index is 4.52. The minimum atomic E-state index is 0.594. The Morgan fingerprint density at radius 1 is 0.844 bits per heavy atom. The predicted octanol–water partition coefficient (Wildman–Crippen LogP) is 4.82. The molecule has 7 nitrogen and oxygen atoms in total. The summed E-state index contributed by atoms with van der Waals surface area (Å²) in [7, 11) is 0. The van der Waals surface area contributed by atoms with Gasteiger partial charge in [-0.3, -0.25) is 0 Å². The first-order valence-corrected chi connectivity index (χ1v) is 12.3. The molecule has 8 heteroatoms. The second-order valence-corrected chi connectivity index (χ2v) is 9.23. The molecule has 2 heterocycles. The summed E-state index contributed by atoms with van der Waals surface area (Å²) in [6, 6.07) is 20.6. The number of aryl methyl sites for hydroxylation is 1. The number of aromatic nitrogens is 7. The van der Waals surface area contributed by atoms with Gasteiger partial charge in [0.05, 0.1) is 13.1 Å². The van der Waals surface area contributed by atoms with Gasteiger partial charge in [-0.15, -0.1) is 20.4 Å². The molecule has 0 amide bonds. The third-order valence-electron chi connectivity index (χ3n) is 5.59. The van der Waals surface area contributed by atoms with Crippen LogP contribution in [-0.2, 0) is 13.1 Å². The molecule has 0 unspecified atom stereocenters. The van der Waals surface area contributed by atoms with Crippen molar-refractivity contribution < 1.29 is 0 Å². The normalized spacial score (nSPS) is 13.5. The summed E-state index contributed by atoms with van der Waals surface area (Å²) in [6.07, 6.45) is 5.76. The number of nitrogens with zero attached hydrogens (tertiary/aromatic N) is 7. The first-order chi connectivity index (χ1) is 15.9. The molecule has 1 fully saturated rings. The zero-order valence-corrected chi connectivity index (χ0v) is 18.9. The van der Waals surface area contributed by atoms with Crippen LogP contribution in [0.5, 0.6) is 0 Å². The Labute approximate surface area is 192 Å². The minimum absolute atomic E-state index is 0.594. The van der Waals surface area contributed by atoms with Crippen molar-refractivity contribution in [2.75, 3.05) is 5.75 Å². The number of benzene rings is 2. The van der Waals surface area contributed by atoms with E-state index in [1.165, 1.54) is 18.4 Å². The fourth-order valence-electron chi connectivity index (χ4n) is 3.70. The van der Waals surface area contributed by atoms with E-state index >= 15 is 0 Å². The van der Waals surface area contributed by atoms with Gasteiger partial charge in [-0.2, -0.15) is 4.80 Å². The Bertz CT molecular complexity index is 1120. The van der Waals surface area contributed by atoms with Crippen molar-refractivity contribution >= 4 is 11.8 Å². The zero-order chi connectivity index (χ0) is 21.6. The van der Waals surface area contributed by atoms with E-state index in [9.17, 15) is 0 Å². The molecule has 0 radical (unpaired) electrons. The molecular weight excluding hydrogens is 418 g/mol. The Morgan fingerprint density at radius 3 is 2.41 bits per heavy atom. The first-order valence-electron chi connectivity index (χ1n) is 11.3. The molecule has 1 aliphatic rings. The Balaban J connectivity index is 1.09. The van der Waals surface area contributed by atoms with Crippen molar-refractivity contribution in [1.82, 2.24) is 35.0 Å². The van der Waals surface area contributed by atoms with E-state index in [0.717, 1.165) is 54.6 Å². The van der Waals surface area contributed by atoms with Gasteiger partial charge in [0.1, 0.15) is 5.82 Å².